The average Bonchev–Trinajstić information content (AvgIpc) is 2.93. The maximum Gasteiger partial charge on any atom is 0.336 e. The normalized spacial score (nSPS) is 11.3. The molecule has 25 heavy (non-hydrogen) atoms. The molecule has 130 valence electrons. The van der Waals surface area contributed by atoms with Crippen LogP contribution in [-0.2, 0) is 0 Å². The molecule has 2 aromatic heterocycles. The van der Waals surface area contributed by atoms with E-state index in [9.17, 15) is 14.3 Å². The van der Waals surface area contributed by atoms with E-state index in [2.05, 4.69) is 31.2 Å². The monoisotopic (exact) mass is 406 g/mol. The number of benzene rings is 1. The van der Waals surface area contributed by atoms with Gasteiger partial charge in [-0.15, -0.1) is 0 Å². The average molecular weight is 407 g/mol. The summed E-state index contributed by atoms with van der Waals surface area (Å²) in [7, 11) is 0. The Labute approximate surface area is 151 Å². The Balaban J connectivity index is 2.17. The van der Waals surface area contributed by atoms with Crippen LogP contribution in [0.15, 0.2) is 29.1 Å². The number of carboxylic acids is 1. The van der Waals surface area contributed by atoms with Crippen LogP contribution in [0.25, 0.3) is 11.0 Å². The lowest BCUT2D eigenvalue weighted by Crippen LogP contribution is -2.06. The molecule has 6 nitrogen and oxygen atoms in total. The van der Waals surface area contributed by atoms with Crippen LogP contribution >= 0.6 is 15.9 Å². The standard InChI is InChI=1S/C17H16BrFN4O2/c1-8(2)23-7-20-13-6-14(18)22-16(15(13)23)21-12-5-10(17(24)25)9(3)4-11(12)19/h4-8H,1-3H3,(H,21,22)(H,24,25). The summed E-state index contributed by atoms with van der Waals surface area (Å²) in [5.74, 6) is -1.26. The summed E-state index contributed by atoms with van der Waals surface area (Å²) in [5.41, 5.74) is 1.85. The number of aromatic carboxylic acids is 1. The molecule has 0 atom stereocenters. The number of fused-ring (bicyclic) bond motifs is 1. The van der Waals surface area contributed by atoms with Crippen LogP contribution in [0.1, 0.15) is 35.8 Å². The number of carboxylic acid groups (broad SMARTS) is 1. The van der Waals surface area contributed by atoms with Gasteiger partial charge in [0.1, 0.15) is 15.9 Å². The highest BCUT2D eigenvalue weighted by Crippen LogP contribution is 2.30. The number of imidazole rings is 1. The number of hydrogen-bond acceptors (Lipinski definition) is 4. The minimum atomic E-state index is -1.11. The Morgan fingerprint density at radius 2 is 2.08 bits per heavy atom. The molecule has 2 heterocycles. The fourth-order valence-corrected chi connectivity index (χ4v) is 3.03. The topological polar surface area (TPSA) is 80.0 Å². The second-order valence-corrected chi connectivity index (χ2v) is 6.80. The first-order valence-electron chi connectivity index (χ1n) is 7.61. The van der Waals surface area contributed by atoms with Crippen LogP contribution in [0.2, 0.25) is 0 Å². The highest BCUT2D eigenvalue weighted by Gasteiger charge is 2.17. The second kappa shape index (κ2) is 6.44. The Morgan fingerprint density at radius 3 is 2.72 bits per heavy atom. The molecule has 0 radical (unpaired) electrons. The summed E-state index contributed by atoms with van der Waals surface area (Å²) in [6, 6.07) is 4.37. The first kappa shape index (κ1) is 17.3. The first-order valence-corrected chi connectivity index (χ1v) is 8.40. The van der Waals surface area contributed by atoms with Gasteiger partial charge >= 0.3 is 5.97 Å². The minimum absolute atomic E-state index is 0.0347. The number of carbonyl (C=O) groups is 1. The van der Waals surface area contributed by atoms with Crippen molar-refractivity contribution in [2.45, 2.75) is 26.8 Å². The van der Waals surface area contributed by atoms with Crippen molar-refractivity contribution in [3.05, 3.63) is 46.1 Å². The van der Waals surface area contributed by atoms with Gasteiger partial charge in [0.25, 0.3) is 0 Å². The van der Waals surface area contributed by atoms with E-state index in [0.717, 1.165) is 5.52 Å². The summed E-state index contributed by atoms with van der Waals surface area (Å²) >= 11 is 3.32. The fraction of sp³-hybridized carbons (Fsp3) is 0.235. The van der Waals surface area contributed by atoms with E-state index in [1.165, 1.54) is 12.1 Å². The summed E-state index contributed by atoms with van der Waals surface area (Å²) in [5, 5.41) is 12.2. The molecule has 0 aliphatic carbocycles. The molecule has 0 amide bonds. The van der Waals surface area contributed by atoms with Gasteiger partial charge in [-0.2, -0.15) is 0 Å². The van der Waals surface area contributed by atoms with Crippen molar-refractivity contribution in [3.63, 3.8) is 0 Å². The van der Waals surface area contributed by atoms with Crippen LogP contribution in [0.5, 0.6) is 0 Å². The zero-order valence-electron chi connectivity index (χ0n) is 13.8. The number of aryl methyl sites for hydroxylation is 1. The molecule has 3 aromatic rings. The zero-order chi connectivity index (χ0) is 18.3. The lowest BCUT2D eigenvalue weighted by atomic mass is 10.1. The minimum Gasteiger partial charge on any atom is -0.478 e. The molecule has 3 rings (SSSR count). The molecule has 8 heteroatoms. The van der Waals surface area contributed by atoms with E-state index >= 15 is 0 Å². The smallest absolute Gasteiger partial charge is 0.336 e. The molecule has 0 saturated heterocycles. The number of aromatic nitrogens is 3. The van der Waals surface area contributed by atoms with Crippen LogP contribution < -0.4 is 5.32 Å². The highest BCUT2D eigenvalue weighted by atomic mass is 79.9. The molecular weight excluding hydrogens is 391 g/mol. The predicted molar refractivity (Wildman–Crippen MR) is 97.0 cm³/mol. The number of halogens is 2. The quantitative estimate of drug-likeness (QED) is 0.615. The van der Waals surface area contributed by atoms with Gasteiger partial charge in [-0.1, -0.05) is 0 Å². The Morgan fingerprint density at radius 1 is 1.36 bits per heavy atom. The maximum absolute atomic E-state index is 14.3. The third kappa shape index (κ3) is 3.21. The van der Waals surface area contributed by atoms with Crippen molar-refractivity contribution in [2.24, 2.45) is 0 Å². The largest absolute Gasteiger partial charge is 0.478 e. The van der Waals surface area contributed by atoms with Crippen LogP contribution in [0.3, 0.4) is 0 Å². The molecular formula is C17H16BrFN4O2. The van der Waals surface area contributed by atoms with Gasteiger partial charge in [-0.25, -0.2) is 19.2 Å². The number of anilines is 2. The molecule has 2 N–H and O–H groups in total. The SMILES string of the molecule is Cc1cc(F)c(Nc2nc(Br)cc3ncn(C(C)C)c23)cc1C(=O)O. The van der Waals surface area contributed by atoms with Crippen molar-refractivity contribution in [2.75, 3.05) is 5.32 Å². The molecule has 0 aliphatic rings. The number of rotatable bonds is 4. The summed E-state index contributed by atoms with van der Waals surface area (Å²) in [6.07, 6.45) is 1.70. The number of hydrogen-bond donors (Lipinski definition) is 2. The van der Waals surface area contributed by atoms with Crippen molar-refractivity contribution >= 4 is 44.4 Å². The lowest BCUT2D eigenvalue weighted by molar-refractivity contribution is 0.0696. The molecule has 0 aliphatic heterocycles. The van der Waals surface area contributed by atoms with E-state index in [1.807, 2.05) is 18.4 Å². The van der Waals surface area contributed by atoms with E-state index in [0.29, 0.717) is 21.5 Å². The van der Waals surface area contributed by atoms with Gasteiger partial charge < -0.3 is 15.0 Å². The molecule has 1 aromatic carbocycles. The van der Waals surface area contributed by atoms with E-state index < -0.39 is 11.8 Å². The summed E-state index contributed by atoms with van der Waals surface area (Å²) in [6.45, 7) is 5.56. The van der Waals surface area contributed by atoms with Gasteiger partial charge in [0.15, 0.2) is 5.82 Å². The second-order valence-electron chi connectivity index (χ2n) is 5.98. The van der Waals surface area contributed by atoms with E-state index in [4.69, 9.17) is 0 Å². The maximum atomic E-state index is 14.3. The van der Waals surface area contributed by atoms with Crippen LogP contribution in [-0.4, -0.2) is 25.6 Å². The zero-order valence-corrected chi connectivity index (χ0v) is 15.4. The first-order chi connectivity index (χ1) is 11.8. The highest BCUT2D eigenvalue weighted by molar-refractivity contribution is 9.10. The lowest BCUT2D eigenvalue weighted by Gasteiger charge is -2.14. The van der Waals surface area contributed by atoms with Gasteiger partial charge in [0.2, 0.25) is 0 Å². The number of nitrogens with one attached hydrogen (secondary N) is 1. The van der Waals surface area contributed by atoms with Crippen molar-refractivity contribution in [1.29, 1.82) is 0 Å². The van der Waals surface area contributed by atoms with Gasteiger partial charge in [0, 0.05) is 6.04 Å². The third-order valence-electron chi connectivity index (χ3n) is 3.87. The Kier molecular flexibility index (Phi) is 4.47. The Hall–Kier alpha value is -2.48. The van der Waals surface area contributed by atoms with Crippen molar-refractivity contribution in [1.82, 2.24) is 14.5 Å². The van der Waals surface area contributed by atoms with Gasteiger partial charge in [0.05, 0.1) is 23.1 Å². The molecule has 0 unspecified atom stereocenters. The summed E-state index contributed by atoms with van der Waals surface area (Å²) < 4.78 is 16.8. The van der Waals surface area contributed by atoms with Crippen molar-refractivity contribution < 1.29 is 14.3 Å². The van der Waals surface area contributed by atoms with Crippen molar-refractivity contribution in [3.8, 4) is 0 Å². The molecule has 0 bridgehead atoms. The number of pyridine rings is 1. The van der Waals surface area contributed by atoms with E-state index in [1.54, 1.807) is 19.3 Å². The van der Waals surface area contributed by atoms with E-state index in [-0.39, 0.29) is 17.3 Å². The molecule has 0 saturated carbocycles. The van der Waals surface area contributed by atoms with Gasteiger partial charge in [-0.05, 0) is 60.5 Å². The predicted octanol–water partition coefficient (Wildman–Crippen LogP) is 4.66. The van der Waals surface area contributed by atoms with Crippen LogP contribution in [0.4, 0.5) is 15.9 Å². The Bertz CT molecular complexity index is 984. The fourth-order valence-electron chi connectivity index (χ4n) is 2.63. The summed E-state index contributed by atoms with van der Waals surface area (Å²) in [4.78, 5) is 20.0. The van der Waals surface area contributed by atoms with Gasteiger partial charge in [-0.3, -0.25) is 0 Å². The third-order valence-corrected chi connectivity index (χ3v) is 4.28. The molecule has 0 fully saturated rings. The number of nitrogens with zero attached hydrogens (tertiary/aromatic N) is 3. The van der Waals surface area contributed by atoms with Crippen LogP contribution in [0, 0.1) is 12.7 Å². The molecule has 0 spiro atoms.